The summed E-state index contributed by atoms with van der Waals surface area (Å²) in [5.74, 6) is 0.871. The lowest BCUT2D eigenvalue weighted by molar-refractivity contribution is 0.300. The molecule has 0 aliphatic rings. The van der Waals surface area contributed by atoms with Crippen molar-refractivity contribution < 1.29 is 5.11 Å². The summed E-state index contributed by atoms with van der Waals surface area (Å²) in [7, 11) is 0. The lowest BCUT2D eigenvalue weighted by atomic mass is 10.5. The Morgan fingerprint density at radius 3 is 3.29 bits per heavy atom. The van der Waals surface area contributed by atoms with Gasteiger partial charge in [-0.2, -0.15) is 0 Å². The fourth-order valence-electron chi connectivity index (χ4n) is 1.13. The summed E-state index contributed by atoms with van der Waals surface area (Å²) in [6.07, 6.45) is 4.06. The van der Waals surface area contributed by atoms with Crippen molar-refractivity contribution in [2.45, 2.75) is 17.9 Å². The molecule has 14 heavy (non-hydrogen) atoms. The molecule has 2 aromatic heterocycles. The molecule has 0 radical (unpaired) electrons. The first-order valence-corrected chi connectivity index (χ1v) is 6.36. The van der Waals surface area contributed by atoms with E-state index in [0.717, 1.165) is 16.4 Å². The molecule has 0 fully saturated rings. The normalized spacial score (nSPS) is 13.6. The van der Waals surface area contributed by atoms with Crippen molar-refractivity contribution in [1.29, 1.82) is 0 Å². The van der Waals surface area contributed by atoms with Gasteiger partial charge in [0.1, 0.15) is 0 Å². The second kappa shape index (κ2) is 4.33. The number of nitrogens with zero attached hydrogens (tertiary/aromatic N) is 2. The molecule has 1 N–H and O–H groups in total. The monoisotopic (exact) mass is 228 g/mol. The Morgan fingerprint density at radius 1 is 1.71 bits per heavy atom. The van der Waals surface area contributed by atoms with Crippen LogP contribution in [0.1, 0.15) is 12.6 Å². The zero-order chi connectivity index (χ0) is 9.97. The van der Waals surface area contributed by atoms with Crippen LogP contribution in [0.4, 0.5) is 0 Å². The molecule has 76 valence electrons. The quantitative estimate of drug-likeness (QED) is 0.870. The third kappa shape index (κ3) is 2.10. The number of fused-ring (bicyclic) bond motifs is 1. The van der Waals surface area contributed by atoms with Gasteiger partial charge in [-0.25, -0.2) is 4.98 Å². The Bertz CT molecular complexity index is 381. The van der Waals surface area contributed by atoms with Gasteiger partial charge in [-0.05, 0) is 0 Å². The minimum Gasteiger partial charge on any atom is -0.395 e. The van der Waals surface area contributed by atoms with Crippen molar-refractivity contribution in [3.63, 3.8) is 0 Å². The maximum absolute atomic E-state index is 8.87. The SMILES string of the molecule is CC(CO)SCc1cn2ccsc2n1. The Kier molecular flexibility index (Phi) is 3.10. The first-order chi connectivity index (χ1) is 6.79. The molecule has 2 rings (SSSR count). The van der Waals surface area contributed by atoms with Crippen LogP contribution in [0.5, 0.6) is 0 Å². The van der Waals surface area contributed by atoms with Gasteiger partial charge < -0.3 is 5.11 Å². The van der Waals surface area contributed by atoms with E-state index >= 15 is 0 Å². The molecule has 2 heterocycles. The molecule has 5 heteroatoms. The predicted octanol–water partition coefficient (Wildman–Crippen LogP) is 2.01. The van der Waals surface area contributed by atoms with Crippen molar-refractivity contribution in [1.82, 2.24) is 9.38 Å². The van der Waals surface area contributed by atoms with E-state index in [1.807, 2.05) is 29.1 Å². The highest BCUT2D eigenvalue weighted by atomic mass is 32.2. The average Bonchev–Trinajstić information content (AvgIpc) is 2.73. The van der Waals surface area contributed by atoms with E-state index in [9.17, 15) is 0 Å². The first kappa shape index (κ1) is 10.0. The number of aliphatic hydroxyl groups excluding tert-OH is 1. The molecule has 0 aromatic carbocycles. The van der Waals surface area contributed by atoms with E-state index in [-0.39, 0.29) is 11.9 Å². The van der Waals surface area contributed by atoms with Crippen molar-refractivity contribution in [2.24, 2.45) is 0 Å². The lowest BCUT2D eigenvalue weighted by Crippen LogP contribution is -2.02. The average molecular weight is 228 g/mol. The minimum absolute atomic E-state index is 0.229. The Morgan fingerprint density at radius 2 is 2.57 bits per heavy atom. The molecular weight excluding hydrogens is 216 g/mol. The highest BCUT2D eigenvalue weighted by molar-refractivity contribution is 7.99. The maximum Gasteiger partial charge on any atom is 0.193 e. The second-order valence-corrected chi connectivity index (χ2v) is 5.43. The summed E-state index contributed by atoms with van der Waals surface area (Å²) < 4.78 is 2.03. The zero-order valence-corrected chi connectivity index (χ0v) is 9.51. The summed E-state index contributed by atoms with van der Waals surface area (Å²) in [5.41, 5.74) is 1.09. The van der Waals surface area contributed by atoms with Gasteiger partial charge >= 0.3 is 0 Å². The largest absolute Gasteiger partial charge is 0.395 e. The molecule has 2 aromatic rings. The van der Waals surface area contributed by atoms with Crippen LogP contribution in [0.2, 0.25) is 0 Å². The van der Waals surface area contributed by atoms with Gasteiger partial charge in [0.15, 0.2) is 4.96 Å². The van der Waals surface area contributed by atoms with Crippen LogP contribution in [0.25, 0.3) is 4.96 Å². The highest BCUT2D eigenvalue weighted by Crippen LogP contribution is 2.18. The van der Waals surface area contributed by atoms with E-state index in [1.54, 1.807) is 23.1 Å². The molecule has 0 amide bonds. The number of aromatic nitrogens is 2. The van der Waals surface area contributed by atoms with Crippen LogP contribution < -0.4 is 0 Å². The Labute approximate surface area is 90.8 Å². The minimum atomic E-state index is 0.229. The summed E-state index contributed by atoms with van der Waals surface area (Å²) >= 11 is 3.37. The number of thioether (sulfide) groups is 1. The predicted molar refractivity (Wildman–Crippen MR) is 60.9 cm³/mol. The van der Waals surface area contributed by atoms with Gasteiger partial charge in [-0.3, -0.25) is 4.40 Å². The summed E-state index contributed by atoms with van der Waals surface area (Å²) in [6, 6.07) is 0. The van der Waals surface area contributed by atoms with Gasteiger partial charge in [0.25, 0.3) is 0 Å². The van der Waals surface area contributed by atoms with Crippen LogP contribution in [-0.4, -0.2) is 26.3 Å². The van der Waals surface area contributed by atoms with Gasteiger partial charge in [0, 0.05) is 28.8 Å². The van der Waals surface area contributed by atoms with Gasteiger partial charge in [-0.15, -0.1) is 23.1 Å². The van der Waals surface area contributed by atoms with E-state index in [1.165, 1.54) is 0 Å². The molecule has 3 nitrogen and oxygen atoms in total. The molecule has 0 saturated carbocycles. The summed E-state index contributed by atoms with van der Waals surface area (Å²) in [4.78, 5) is 5.50. The number of rotatable bonds is 4. The molecule has 1 atom stereocenters. The van der Waals surface area contributed by atoms with Crippen LogP contribution >= 0.6 is 23.1 Å². The van der Waals surface area contributed by atoms with E-state index < -0.39 is 0 Å². The number of aliphatic hydroxyl groups is 1. The standard InChI is InChI=1S/C9H12N2OS2/c1-7(5-12)14-6-8-4-11-2-3-13-9(11)10-8/h2-4,7,12H,5-6H2,1H3. The van der Waals surface area contributed by atoms with Crippen LogP contribution in [0.15, 0.2) is 17.8 Å². The van der Waals surface area contributed by atoms with Gasteiger partial charge in [0.05, 0.1) is 12.3 Å². The van der Waals surface area contributed by atoms with E-state index in [2.05, 4.69) is 4.98 Å². The smallest absolute Gasteiger partial charge is 0.193 e. The summed E-state index contributed by atoms with van der Waals surface area (Å²) in [6.45, 7) is 2.25. The molecule has 0 aliphatic heterocycles. The first-order valence-electron chi connectivity index (χ1n) is 4.43. The Balaban J connectivity index is 2.01. The van der Waals surface area contributed by atoms with Gasteiger partial charge in [-0.1, -0.05) is 6.92 Å². The number of hydrogen-bond acceptors (Lipinski definition) is 4. The maximum atomic E-state index is 8.87. The third-order valence-electron chi connectivity index (χ3n) is 1.92. The van der Waals surface area contributed by atoms with Crippen LogP contribution in [-0.2, 0) is 5.75 Å². The fraction of sp³-hybridized carbons (Fsp3) is 0.444. The fourth-order valence-corrected chi connectivity index (χ4v) is 2.54. The van der Waals surface area contributed by atoms with Gasteiger partial charge in [0.2, 0.25) is 0 Å². The van der Waals surface area contributed by atoms with Crippen LogP contribution in [0.3, 0.4) is 0 Å². The van der Waals surface area contributed by atoms with Crippen molar-refractivity contribution in [3.05, 3.63) is 23.5 Å². The lowest BCUT2D eigenvalue weighted by Gasteiger charge is -2.04. The Hall–Kier alpha value is -0.520. The molecule has 0 saturated heterocycles. The number of hydrogen-bond donors (Lipinski definition) is 1. The molecular formula is C9H12N2OS2. The zero-order valence-electron chi connectivity index (χ0n) is 7.88. The van der Waals surface area contributed by atoms with Crippen LogP contribution in [0, 0.1) is 0 Å². The van der Waals surface area contributed by atoms with Crippen molar-refractivity contribution >= 4 is 28.1 Å². The molecule has 0 spiro atoms. The van der Waals surface area contributed by atoms with E-state index in [0.29, 0.717) is 0 Å². The summed E-state index contributed by atoms with van der Waals surface area (Å²) in [5, 5.41) is 11.2. The number of imidazole rings is 1. The van der Waals surface area contributed by atoms with Crippen molar-refractivity contribution in [2.75, 3.05) is 6.61 Å². The third-order valence-corrected chi connectivity index (χ3v) is 3.87. The number of thiazole rings is 1. The van der Waals surface area contributed by atoms with Crippen molar-refractivity contribution in [3.8, 4) is 0 Å². The van der Waals surface area contributed by atoms with E-state index in [4.69, 9.17) is 5.11 Å². The molecule has 0 aliphatic carbocycles. The molecule has 1 unspecified atom stereocenters. The molecule has 0 bridgehead atoms. The topological polar surface area (TPSA) is 37.5 Å². The second-order valence-electron chi connectivity index (χ2n) is 3.13. The highest BCUT2D eigenvalue weighted by Gasteiger charge is 2.05.